The molecular weight excluding hydrogens is 535 g/mol. The third-order valence-corrected chi connectivity index (χ3v) is 7.57. The van der Waals surface area contributed by atoms with Gasteiger partial charge in [0.05, 0.1) is 22.8 Å². The average molecular weight is 553 g/mol. The van der Waals surface area contributed by atoms with Crippen LogP contribution < -0.4 is 0 Å². The Morgan fingerprint density at radius 2 is 1.85 bits per heavy atom. The van der Waals surface area contributed by atoms with Gasteiger partial charge in [0.2, 0.25) is 0 Å². The molecule has 3 aromatic rings. The Balaban J connectivity index is 1.67. The zero-order valence-electron chi connectivity index (χ0n) is 17.4. The van der Waals surface area contributed by atoms with E-state index in [4.69, 9.17) is 44.3 Å². The summed E-state index contributed by atoms with van der Waals surface area (Å²) in [7, 11) is 1.44. The van der Waals surface area contributed by atoms with Crippen LogP contribution in [0.1, 0.15) is 6.04 Å². The first-order valence-electron chi connectivity index (χ1n) is 9.89. The number of methoxy groups -OCH3 is 1. The highest BCUT2D eigenvalue weighted by Crippen LogP contribution is 2.41. The summed E-state index contributed by atoms with van der Waals surface area (Å²) in [5.74, 6) is -1.88. The first-order valence-corrected chi connectivity index (χ1v) is 11.9. The molecule has 7 nitrogen and oxygen atoms in total. The number of nitrogens with zero attached hydrogens (tertiary/aromatic N) is 3. The molecule has 1 aliphatic rings. The second-order valence-corrected chi connectivity index (χ2v) is 9.80. The lowest BCUT2D eigenvalue weighted by Crippen LogP contribution is -2.55. The maximum absolute atomic E-state index is 13.9. The Kier molecular flexibility index (Phi) is 8.00. The van der Waals surface area contributed by atoms with Crippen LogP contribution in [0.5, 0.6) is 0 Å². The summed E-state index contributed by atoms with van der Waals surface area (Å²) in [5.41, 5.74) is -0.426. The number of halogens is 5. The highest BCUT2D eigenvalue weighted by atomic mass is 35.5. The third kappa shape index (κ3) is 5.05. The minimum absolute atomic E-state index is 0.113. The van der Waals surface area contributed by atoms with E-state index in [0.717, 1.165) is 17.0 Å². The molecule has 0 bridgehead atoms. The predicted molar refractivity (Wildman–Crippen MR) is 124 cm³/mol. The molecule has 5 atom stereocenters. The lowest BCUT2D eigenvalue weighted by Gasteiger charge is -2.43. The Labute approximate surface area is 212 Å². The number of rotatable bonds is 6. The lowest BCUT2D eigenvalue weighted by atomic mass is 9.97. The van der Waals surface area contributed by atoms with Crippen LogP contribution in [0.25, 0.3) is 11.3 Å². The minimum atomic E-state index is -1.23. The highest BCUT2D eigenvalue weighted by molar-refractivity contribution is 7.99. The van der Waals surface area contributed by atoms with Crippen molar-refractivity contribution in [1.82, 2.24) is 15.0 Å². The van der Waals surface area contributed by atoms with Crippen molar-refractivity contribution in [3.63, 3.8) is 0 Å². The van der Waals surface area contributed by atoms with Crippen LogP contribution in [0, 0.1) is 11.6 Å². The number of benzene rings is 2. The molecule has 34 heavy (non-hydrogen) atoms. The minimum Gasteiger partial charge on any atom is -0.394 e. The predicted octanol–water partition coefficient (Wildman–Crippen LogP) is 4.61. The summed E-state index contributed by atoms with van der Waals surface area (Å²) in [4.78, 5) is 0.722. The number of aliphatic hydroxyl groups excluding tert-OH is 2. The van der Waals surface area contributed by atoms with Gasteiger partial charge < -0.3 is 19.7 Å². The van der Waals surface area contributed by atoms with Crippen LogP contribution in [-0.2, 0) is 9.47 Å². The molecule has 1 aliphatic heterocycles. The molecule has 0 radical (unpaired) electrons. The molecule has 2 aromatic carbocycles. The lowest BCUT2D eigenvalue weighted by molar-refractivity contribution is -0.186. The SMILES string of the molecule is COC1[C@@H](Sc2ccc(Cl)c(Cl)c2)OC(CO)[C@H](O)[C@@H]1n1cc(-c2cc(F)c(Cl)c(F)c2)nn1. The van der Waals surface area contributed by atoms with Gasteiger partial charge in [-0.3, -0.25) is 0 Å². The van der Waals surface area contributed by atoms with Gasteiger partial charge in [-0.15, -0.1) is 5.10 Å². The Morgan fingerprint density at radius 3 is 2.47 bits per heavy atom. The van der Waals surface area contributed by atoms with Gasteiger partial charge in [-0.1, -0.05) is 51.8 Å². The summed E-state index contributed by atoms with van der Waals surface area (Å²) in [5, 5.41) is 28.9. The quantitative estimate of drug-likeness (QED) is 0.432. The maximum atomic E-state index is 13.9. The van der Waals surface area contributed by atoms with E-state index in [1.165, 1.54) is 29.8 Å². The Bertz CT molecular complexity index is 1160. The number of aromatic nitrogens is 3. The van der Waals surface area contributed by atoms with E-state index in [1.54, 1.807) is 18.2 Å². The van der Waals surface area contributed by atoms with Crippen molar-refractivity contribution in [2.45, 2.75) is 34.7 Å². The van der Waals surface area contributed by atoms with Gasteiger partial charge in [-0.25, -0.2) is 13.5 Å². The monoisotopic (exact) mass is 551 g/mol. The molecule has 0 aliphatic carbocycles. The normalized spacial score (nSPS) is 25.0. The van der Waals surface area contributed by atoms with Gasteiger partial charge >= 0.3 is 0 Å². The Morgan fingerprint density at radius 1 is 1.15 bits per heavy atom. The van der Waals surface area contributed by atoms with Crippen molar-refractivity contribution in [1.29, 1.82) is 0 Å². The smallest absolute Gasteiger partial charge is 0.145 e. The molecule has 0 spiro atoms. The molecule has 13 heteroatoms. The number of thioether (sulfide) groups is 1. The van der Waals surface area contributed by atoms with Crippen molar-refractivity contribution in [3.05, 3.63) is 63.2 Å². The average Bonchev–Trinajstić information content (AvgIpc) is 3.30. The van der Waals surface area contributed by atoms with E-state index in [-0.39, 0.29) is 11.3 Å². The molecule has 0 saturated carbocycles. The standard InChI is InChI=1S/C21H18Cl3F2N3O4S/c1-32-20-18(29-7-15(27-28-29)9-4-13(25)17(24)14(26)5-9)19(31)16(8-30)33-21(20)34-10-2-3-11(22)12(23)6-10/h2-7,16,18-21,30-31H,8H2,1H3/t16?,18-,19-,20?,21+/m0/s1. The van der Waals surface area contributed by atoms with Gasteiger partial charge in [-0.2, -0.15) is 0 Å². The van der Waals surface area contributed by atoms with Crippen molar-refractivity contribution < 1.29 is 28.5 Å². The third-order valence-electron chi connectivity index (χ3n) is 5.34. The van der Waals surface area contributed by atoms with Gasteiger partial charge in [0.25, 0.3) is 0 Å². The van der Waals surface area contributed by atoms with Crippen molar-refractivity contribution in [3.8, 4) is 11.3 Å². The summed E-state index contributed by atoms with van der Waals surface area (Å²) >= 11 is 18.9. The second kappa shape index (κ2) is 10.6. The first kappa shape index (κ1) is 25.6. The first-order chi connectivity index (χ1) is 16.2. The molecule has 0 amide bonds. The van der Waals surface area contributed by atoms with E-state index in [0.29, 0.717) is 10.0 Å². The summed E-state index contributed by atoms with van der Waals surface area (Å²) in [6, 6.07) is 6.27. The van der Waals surface area contributed by atoms with Gasteiger partial charge in [0.1, 0.15) is 52.1 Å². The van der Waals surface area contributed by atoms with Gasteiger partial charge in [0, 0.05) is 17.6 Å². The van der Waals surface area contributed by atoms with Crippen molar-refractivity contribution in [2.75, 3.05) is 13.7 Å². The van der Waals surface area contributed by atoms with Gasteiger partial charge in [-0.05, 0) is 30.3 Å². The molecular formula is C21H18Cl3F2N3O4S. The van der Waals surface area contributed by atoms with Crippen LogP contribution in [-0.4, -0.2) is 62.7 Å². The fourth-order valence-electron chi connectivity index (χ4n) is 3.65. The van der Waals surface area contributed by atoms with Crippen molar-refractivity contribution >= 4 is 46.6 Å². The fraction of sp³-hybridized carbons (Fsp3) is 0.333. The van der Waals surface area contributed by atoms with E-state index in [2.05, 4.69) is 10.3 Å². The number of aliphatic hydroxyl groups is 2. The molecule has 2 heterocycles. The van der Waals surface area contributed by atoms with Crippen molar-refractivity contribution in [2.24, 2.45) is 0 Å². The van der Waals surface area contributed by atoms with Gasteiger partial charge in [0.15, 0.2) is 0 Å². The zero-order valence-corrected chi connectivity index (χ0v) is 20.5. The fourth-order valence-corrected chi connectivity index (χ4v) is 5.33. The van der Waals surface area contributed by atoms with Crippen LogP contribution >= 0.6 is 46.6 Å². The molecule has 2 N–H and O–H groups in total. The van der Waals surface area contributed by atoms with E-state index in [1.807, 2.05) is 0 Å². The summed E-state index contributed by atoms with van der Waals surface area (Å²) in [6.07, 6.45) is -1.53. The van der Waals surface area contributed by atoms with E-state index < -0.39 is 53.1 Å². The maximum Gasteiger partial charge on any atom is 0.145 e. The molecule has 2 unspecified atom stereocenters. The second-order valence-electron chi connectivity index (χ2n) is 7.44. The summed E-state index contributed by atoms with van der Waals surface area (Å²) in [6.45, 7) is -0.471. The molecule has 1 saturated heterocycles. The molecule has 1 fully saturated rings. The van der Waals surface area contributed by atoms with Crippen LogP contribution in [0.2, 0.25) is 15.1 Å². The topological polar surface area (TPSA) is 89.6 Å². The highest BCUT2D eigenvalue weighted by Gasteiger charge is 2.47. The molecule has 1 aromatic heterocycles. The summed E-state index contributed by atoms with van der Waals surface area (Å²) < 4.78 is 40.7. The van der Waals surface area contributed by atoms with Crippen LogP contribution in [0.15, 0.2) is 41.4 Å². The Hall–Kier alpha value is -1.50. The van der Waals surface area contributed by atoms with E-state index >= 15 is 0 Å². The molecule has 4 rings (SSSR count). The zero-order chi connectivity index (χ0) is 24.6. The van der Waals surface area contributed by atoms with Crippen LogP contribution in [0.3, 0.4) is 0 Å². The molecule has 182 valence electrons. The number of hydrogen-bond donors (Lipinski definition) is 2. The van der Waals surface area contributed by atoms with Crippen LogP contribution in [0.4, 0.5) is 8.78 Å². The number of ether oxygens (including phenoxy) is 2. The van der Waals surface area contributed by atoms with E-state index in [9.17, 15) is 19.0 Å². The number of hydrogen-bond acceptors (Lipinski definition) is 7. The largest absolute Gasteiger partial charge is 0.394 e.